The summed E-state index contributed by atoms with van der Waals surface area (Å²) >= 11 is 0. The monoisotopic (exact) mass is 292 g/mol. The summed E-state index contributed by atoms with van der Waals surface area (Å²) < 4.78 is 2.15. The lowest BCUT2D eigenvalue weighted by molar-refractivity contribution is 0.893. The molecule has 0 fully saturated rings. The van der Waals surface area contributed by atoms with Gasteiger partial charge < -0.3 is 0 Å². The van der Waals surface area contributed by atoms with Gasteiger partial charge in [0.1, 0.15) is 0 Å². The molecule has 0 atom stereocenters. The van der Waals surface area contributed by atoms with Crippen molar-refractivity contribution in [2.45, 2.75) is 6.92 Å². The van der Waals surface area contributed by atoms with Crippen molar-refractivity contribution >= 4 is 34.0 Å². The lowest BCUT2D eigenvalue weighted by Crippen LogP contribution is -2.53. The molecule has 1 aromatic heterocycles. The van der Waals surface area contributed by atoms with Crippen LogP contribution in [0.2, 0.25) is 0 Å². The highest BCUT2D eigenvalue weighted by Gasteiger charge is 2.40. The minimum atomic E-state index is 0.338. The molecular weight excluding hydrogens is 279 g/mol. The molecule has 0 saturated heterocycles. The molecule has 0 radical (unpaired) electrons. The largest absolute Gasteiger partial charge is 0.248 e. The molecule has 0 saturated carbocycles. The van der Waals surface area contributed by atoms with Gasteiger partial charge in [0.2, 0.25) is 6.71 Å². The van der Waals surface area contributed by atoms with Gasteiger partial charge >= 0.3 is 0 Å². The number of hydrogen-bond donors (Lipinski definition) is 0. The second-order valence-electron chi connectivity index (χ2n) is 6.50. The van der Waals surface area contributed by atoms with Gasteiger partial charge in [0.05, 0.1) is 16.9 Å². The van der Waals surface area contributed by atoms with E-state index >= 15 is 0 Å². The number of nitrogens with zero attached hydrogens (tertiary/aromatic N) is 2. The van der Waals surface area contributed by atoms with Crippen LogP contribution in [-0.4, -0.2) is 16.5 Å². The molecule has 0 aliphatic carbocycles. The SMILES string of the molecule is Cc1nn2c3c(cccc13)B1c3ccccc3-c3cccc-2c31. The van der Waals surface area contributed by atoms with Crippen molar-refractivity contribution in [3.8, 4) is 16.8 Å². The molecule has 0 N–H and O–H groups in total. The molecule has 0 unspecified atom stereocenters. The van der Waals surface area contributed by atoms with Crippen molar-refractivity contribution in [3.63, 3.8) is 0 Å². The van der Waals surface area contributed by atoms with Crippen LogP contribution in [0.15, 0.2) is 60.7 Å². The van der Waals surface area contributed by atoms with Crippen molar-refractivity contribution in [1.29, 1.82) is 0 Å². The van der Waals surface area contributed by atoms with Gasteiger partial charge in [-0.2, -0.15) is 5.10 Å². The molecule has 3 heterocycles. The summed E-state index contributed by atoms with van der Waals surface area (Å²) in [7, 11) is 0. The Morgan fingerprint density at radius 3 is 2.57 bits per heavy atom. The molecule has 6 rings (SSSR count). The third-order valence-corrected chi connectivity index (χ3v) is 5.39. The summed E-state index contributed by atoms with van der Waals surface area (Å²) in [6.07, 6.45) is 0. The predicted octanol–water partition coefficient (Wildman–Crippen LogP) is 2.14. The summed E-state index contributed by atoms with van der Waals surface area (Å²) in [5.41, 5.74) is 10.6. The average molecular weight is 292 g/mol. The molecule has 0 spiro atoms. The lowest BCUT2D eigenvalue weighted by atomic mass is 9.37. The molecule has 3 heteroatoms. The van der Waals surface area contributed by atoms with E-state index in [1.54, 1.807) is 0 Å². The maximum atomic E-state index is 4.84. The van der Waals surface area contributed by atoms with Crippen LogP contribution in [0.25, 0.3) is 27.7 Å². The predicted molar refractivity (Wildman–Crippen MR) is 95.9 cm³/mol. The molecule has 4 aromatic rings. The fourth-order valence-electron chi connectivity index (χ4n) is 4.50. The van der Waals surface area contributed by atoms with Crippen LogP contribution >= 0.6 is 0 Å². The Balaban J connectivity index is 1.88. The fraction of sp³-hybridized carbons (Fsp3) is 0.0500. The Labute approximate surface area is 134 Å². The summed E-state index contributed by atoms with van der Waals surface area (Å²) in [6.45, 7) is 2.44. The van der Waals surface area contributed by atoms with Crippen LogP contribution < -0.4 is 16.4 Å². The topological polar surface area (TPSA) is 17.8 Å². The van der Waals surface area contributed by atoms with E-state index in [9.17, 15) is 0 Å². The van der Waals surface area contributed by atoms with E-state index < -0.39 is 0 Å². The maximum absolute atomic E-state index is 4.84. The zero-order valence-electron chi connectivity index (χ0n) is 12.7. The van der Waals surface area contributed by atoms with Gasteiger partial charge in [0.25, 0.3) is 0 Å². The van der Waals surface area contributed by atoms with E-state index in [0.717, 1.165) is 5.69 Å². The minimum absolute atomic E-state index is 0.338. The number of aryl methyl sites for hydroxylation is 1. The second kappa shape index (κ2) is 3.74. The number of rotatable bonds is 0. The molecule has 106 valence electrons. The first kappa shape index (κ1) is 11.7. The molecule has 2 nitrogen and oxygen atoms in total. The highest BCUT2D eigenvalue weighted by molar-refractivity contribution is 7.01. The van der Waals surface area contributed by atoms with E-state index in [0.29, 0.717) is 6.71 Å². The number of aromatic nitrogens is 2. The van der Waals surface area contributed by atoms with Gasteiger partial charge in [-0.3, -0.25) is 0 Å². The van der Waals surface area contributed by atoms with E-state index in [4.69, 9.17) is 5.10 Å². The highest BCUT2D eigenvalue weighted by Crippen LogP contribution is 2.31. The standard InChI is InChI=1S/C20H13BN2/c1-12-13-7-4-10-17-20(13)23(22-12)18-11-5-8-15-14-6-2-3-9-16(14)21(17)19(15)18/h2-11H,1H3. The number of para-hydroxylation sites is 1. The van der Waals surface area contributed by atoms with Crippen molar-refractivity contribution < 1.29 is 0 Å². The van der Waals surface area contributed by atoms with Crippen LogP contribution in [0.4, 0.5) is 0 Å². The normalized spacial score (nSPS) is 13.3. The zero-order valence-corrected chi connectivity index (χ0v) is 12.7. The molecule has 0 bridgehead atoms. The Morgan fingerprint density at radius 1 is 0.826 bits per heavy atom. The quantitative estimate of drug-likeness (QED) is 0.392. The zero-order chi connectivity index (χ0) is 15.1. The Morgan fingerprint density at radius 2 is 1.61 bits per heavy atom. The van der Waals surface area contributed by atoms with Gasteiger partial charge in [-0.15, -0.1) is 0 Å². The Bertz CT molecular complexity index is 1140. The van der Waals surface area contributed by atoms with Crippen LogP contribution in [-0.2, 0) is 0 Å². The third-order valence-electron chi connectivity index (χ3n) is 5.39. The van der Waals surface area contributed by atoms with Crippen LogP contribution in [0.1, 0.15) is 5.69 Å². The summed E-state index contributed by atoms with van der Waals surface area (Å²) in [5.74, 6) is 0. The van der Waals surface area contributed by atoms with Crippen molar-refractivity contribution in [2.75, 3.05) is 0 Å². The fourth-order valence-corrected chi connectivity index (χ4v) is 4.50. The summed E-state index contributed by atoms with van der Waals surface area (Å²) in [5, 5.41) is 6.11. The van der Waals surface area contributed by atoms with Gasteiger partial charge in [-0.1, -0.05) is 60.1 Å². The van der Waals surface area contributed by atoms with Crippen molar-refractivity contribution in [3.05, 3.63) is 66.4 Å². The first-order valence-corrected chi connectivity index (χ1v) is 8.05. The summed E-state index contributed by atoms with van der Waals surface area (Å²) in [6, 6.07) is 22.1. The maximum Gasteiger partial charge on any atom is 0.248 e. The Hall–Kier alpha value is -2.81. The molecular formula is C20H13BN2. The van der Waals surface area contributed by atoms with Gasteiger partial charge in [0.15, 0.2) is 0 Å². The van der Waals surface area contributed by atoms with Crippen molar-refractivity contribution in [1.82, 2.24) is 9.78 Å². The van der Waals surface area contributed by atoms with Crippen LogP contribution in [0.3, 0.4) is 0 Å². The number of fused-ring (bicyclic) bond motifs is 5. The molecule has 23 heavy (non-hydrogen) atoms. The van der Waals surface area contributed by atoms with Gasteiger partial charge in [-0.25, -0.2) is 4.68 Å². The third kappa shape index (κ3) is 1.22. The molecule has 0 amide bonds. The lowest BCUT2D eigenvalue weighted by Gasteiger charge is -2.22. The van der Waals surface area contributed by atoms with Gasteiger partial charge in [0, 0.05) is 5.39 Å². The second-order valence-corrected chi connectivity index (χ2v) is 6.50. The first-order valence-electron chi connectivity index (χ1n) is 8.05. The summed E-state index contributed by atoms with van der Waals surface area (Å²) in [4.78, 5) is 0. The highest BCUT2D eigenvalue weighted by atomic mass is 15.3. The smallest absolute Gasteiger partial charge is 0.234 e. The minimum Gasteiger partial charge on any atom is -0.234 e. The number of hydrogen-bond acceptors (Lipinski definition) is 1. The average Bonchev–Trinajstić information content (AvgIpc) is 3.11. The Kier molecular flexibility index (Phi) is 1.91. The molecule has 2 aliphatic rings. The number of benzene rings is 3. The van der Waals surface area contributed by atoms with E-state index in [1.807, 2.05) is 0 Å². The van der Waals surface area contributed by atoms with Crippen LogP contribution in [0.5, 0.6) is 0 Å². The van der Waals surface area contributed by atoms with E-state index in [-0.39, 0.29) is 0 Å². The van der Waals surface area contributed by atoms with Crippen LogP contribution in [0, 0.1) is 6.92 Å². The first-order chi connectivity index (χ1) is 11.3. The molecule has 3 aromatic carbocycles. The van der Waals surface area contributed by atoms with Gasteiger partial charge in [-0.05, 0) is 35.0 Å². The van der Waals surface area contributed by atoms with E-state index in [2.05, 4.69) is 72.3 Å². The van der Waals surface area contributed by atoms with Crippen molar-refractivity contribution in [2.24, 2.45) is 0 Å². The van der Waals surface area contributed by atoms with E-state index in [1.165, 1.54) is 44.1 Å². The molecule has 2 aliphatic heterocycles.